The molecule has 1 aromatic carbocycles. The largest absolute Gasteiger partial charge is 0.375 e. The normalized spacial score (nSPS) is 9.50. The summed E-state index contributed by atoms with van der Waals surface area (Å²) in [6.07, 6.45) is 0. The van der Waals surface area contributed by atoms with Crippen LogP contribution in [0.4, 0.5) is 0 Å². The summed E-state index contributed by atoms with van der Waals surface area (Å²) >= 11 is 0. The smallest absolute Gasteiger partial charge is 0.257 e. The number of ether oxygens (including phenoxy) is 1. The van der Waals surface area contributed by atoms with Crippen LogP contribution in [0.3, 0.4) is 0 Å². The standard InChI is InChI=1S/C10H11NO3/c1-14-7-9(12)11-10(13)8-5-3-2-4-6-8/h2-6H,7H2,1H3,(H,11,12,13). The first-order valence-electron chi connectivity index (χ1n) is 4.12. The molecule has 0 saturated carbocycles. The van der Waals surface area contributed by atoms with E-state index in [-0.39, 0.29) is 6.61 Å². The van der Waals surface area contributed by atoms with Crippen molar-refractivity contribution in [2.75, 3.05) is 13.7 Å². The van der Waals surface area contributed by atoms with Gasteiger partial charge in [0, 0.05) is 12.7 Å². The lowest BCUT2D eigenvalue weighted by molar-refractivity contribution is -0.123. The van der Waals surface area contributed by atoms with Crippen molar-refractivity contribution in [3.63, 3.8) is 0 Å². The van der Waals surface area contributed by atoms with Crippen LogP contribution < -0.4 is 5.32 Å². The van der Waals surface area contributed by atoms with Gasteiger partial charge >= 0.3 is 0 Å². The zero-order valence-corrected chi connectivity index (χ0v) is 7.82. The van der Waals surface area contributed by atoms with Gasteiger partial charge in [-0.15, -0.1) is 0 Å². The third-order valence-corrected chi connectivity index (χ3v) is 1.56. The summed E-state index contributed by atoms with van der Waals surface area (Å²) < 4.78 is 4.58. The van der Waals surface area contributed by atoms with Gasteiger partial charge in [-0.25, -0.2) is 0 Å². The first kappa shape index (κ1) is 10.4. The molecule has 74 valence electrons. The van der Waals surface area contributed by atoms with Crippen LogP contribution in [0.5, 0.6) is 0 Å². The molecule has 0 radical (unpaired) electrons. The van der Waals surface area contributed by atoms with Crippen LogP contribution in [0, 0.1) is 0 Å². The first-order chi connectivity index (χ1) is 6.74. The highest BCUT2D eigenvalue weighted by atomic mass is 16.5. The van der Waals surface area contributed by atoms with E-state index in [2.05, 4.69) is 10.1 Å². The average Bonchev–Trinajstić information content (AvgIpc) is 2.19. The van der Waals surface area contributed by atoms with E-state index in [1.807, 2.05) is 0 Å². The second-order valence-electron chi connectivity index (χ2n) is 2.68. The number of rotatable bonds is 3. The molecule has 0 heterocycles. The number of carbonyl (C=O) groups is 2. The number of benzene rings is 1. The Kier molecular flexibility index (Phi) is 3.82. The van der Waals surface area contributed by atoms with Crippen molar-refractivity contribution >= 4 is 11.8 Å². The van der Waals surface area contributed by atoms with Crippen molar-refractivity contribution in [2.24, 2.45) is 0 Å². The van der Waals surface area contributed by atoms with Crippen LogP contribution in [-0.4, -0.2) is 25.5 Å². The number of hydrogen-bond donors (Lipinski definition) is 1. The summed E-state index contributed by atoms with van der Waals surface area (Å²) in [4.78, 5) is 22.3. The molecule has 0 aliphatic carbocycles. The minimum absolute atomic E-state index is 0.113. The molecule has 0 saturated heterocycles. The highest BCUT2D eigenvalue weighted by Crippen LogP contribution is 1.97. The number of methoxy groups -OCH3 is 1. The summed E-state index contributed by atoms with van der Waals surface area (Å²) in [5.41, 5.74) is 0.456. The molecule has 0 aromatic heterocycles. The summed E-state index contributed by atoms with van der Waals surface area (Å²) in [5, 5.41) is 2.19. The quantitative estimate of drug-likeness (QED) is 0.764. The van der Waals surface area contributed by atoms with Crippen molar-refractivity contribution in [3.05, 3.63) is 35.9 Å². The molecule has 0 atom stereocenters. The van der Waals surface area contributed by atoms with E-state index in [1.165, 1.54) is 7.11 Å². The molecule has 0 unspecified atom stereocenters. The summed E-state index contributed by atoms with van der Waals surface area (Å²) in [6.45, 7) is -0.113. The average molecular weight is 193 g/mol. The van der Waals surface area contributed by atoms with Crippen LogP contribution in [0.15, 0.2) is 30.3 Å². The summed E-state index contributed by atoms with van der Waals surface area (Å²) in [7, 11) is 1.40. The highest BCUT2D eigenvalue weighted by Gasteiger charge is 2.08. The van der Waals surface area contributed by atoms with Crippen molar-refractivity contribution in [3.8, 4) is 0 Å². The second kappa shape index (κ2) is 5.14. The van der Waals surface area contributed by atoms with E-state index in [0.29, 0.717) is 5.56 Å². The maximum absolute atomic E-state index is 11.3. The van der Waals surface area contributed by atoms with Crippen molar-refractivity contribution in [1.29, 1.82) is 0 Å². The topological polar surface area (TPSA) is 55.4 Å². The predicted octanol–water partition coefficient (Wildman–Crippen LogP) is 0.589. The SMILES string of the molecule is COCC(=O)NC(=O)c1ccccc1. The molecule has 4 nitrogen and oxygen atoms in total. The Bertz CT molecular complexity index is 321. The molecule has 2 amide bonds. The lowest BCUT2D eigenvalue weighted by atomic mass is 10.2. The summed E-state index contributed by atoms with van der Waals surface area (Å²) in [5.74, 6) is -0.853. The molecule has 14 heavy (non-hydrogen) atoms. The minimum atomic E-state index is -0.443. The van der Waals surface area contributed by atoms with Gasteiger partial charge in [-0.3, -0.25) is 14.9 Å². The Morgan fingerprint density at radius 3 is 2.50 bits per heavy atom. The molecule has 0 bridgehead atoms. The van der Waals surface area contributed by atoms with E-state index < -0.39 is 11.8 Å². The van der Waals surface area contributed by atoms with Crippen LogP contribution in [-0.2, 0) is 9.53 Å². The van der Waals surface area contributed by atoms with Gasteiger partial charge in [0.25, 0.3) is 11.8 Å². The monoisotopic (exact) mass is 193 g/mol. The molecule has 0 aliphatic rings. The van der Waals surface area contributed by atoms with Gasteiger partial charge in [0.15, 0.2) is 0 Å². The molecule has 0 aliphatic heterocycles. The van der Waals surface area contributed by atoms with E-state index in [1.54, 1.807) is 30.3 Å². The fourth-order valence-corrected chi connectivity index (χ4v) is 0.956. The molecule has 0 fully saturated rings. The zero-order chi connectivity index (χ0) is 10.4. The highest BCUT2D eigenvalue weighted by molar-refractivity contribution is 6.04. The van der Waals surface area contributed by atoms with E-state index in [9.17, 15) is 9.59 Å². The van der Waals surface area contributed by atoms with Gasteiger partial charge in [0.2, 0.25) is 0 Å². The molecule has 0 spiro atoms. The second-order valence-corrected chi connectivity index (χ2v) is 2.68. The first-order valence-corrected chi connectivity index (χ1v) is 4.12. The molecular formula is C10H11NO3. The molecule has 1 aromatic rings. The fraction of sp³-hybridized carbons (Fsp3) is 0.200. The predicted molar refractivity (Wildman–Crippen MR) is 50.8 cm³/mol. The third kappa shape index (κ3) is 2.99. The van der Waals surface area contributed by atoms with Crippen molar-refractivity contribution in [1.82, 2.24) is 5.32 Å². The molecule has 1 rings (SSSR count). The van der Waals surface area contributed by atoms with Crippen molar-refractivity contribution in [2.45, 2.75) is 0 Å². The maximum Gasteiger partial charge on any atom is 0.257 e. The number of carbonyl (C=O) groups excluding carboxylic acids is 2. The number of hydrogen-bond acceptors (Lipinski definition) is 3. The van der Waals surface area contributed by atoms with Gasteiger partial charge in [-0.2, -0.15) is 0 Å². The number of imide groups is 1. The van der Waals surface area contributed by atoms with Gasteiger partial charge in [0.05, 0.1) is 0 Å². The van der Waals surface area contributed by atoms with Gasteiger partial charge in [-0.1, -0.05) is 18.2 Å². The number of amides is 2. The van der Waals surface area contributed by atoms with Gasteiger partial charge in [-0.05, 0) is 12.1 Å². The number of nitrogens with one attached hydrogen (secondary N) is 1. The van der Waals surface area contributed by atoms with Gasteiger partial charge in [0.1, 0.15) is 6.61 Å². The molecule has 1 N–H and O–H groups in total. The lowest BCUT2D eigenvalue weighted by Gasteiger charge is -2.02. The Morgan fingerprint density at radius 1 is 1.29 bits per heavy atom. The van der Waals surface area contributed by atoms with Gasteiger partial charge < -0.3 is 4.74 Å². The van der Waals surface area contributed by atoms with Crippen LogP contribution in [0.25, 0.3) is 0 Å². The lowest BCUT2D eigenvalue weighted by Crippen LogP contribution is -2.33. The third-order valence-electron chi connectivity index (χ3n) is 1.56. The molecular weight excluding hydrogens is 182 g/mol. The van der Waals surface area contributed by atoms with Crippen LogP contribution in [0.1, 0.15) is 10.4 Å². The van der Waals surface area contributed by atoms with E-state index >= 15 is 0 Å². The Hall–Kier alpha value is -1.68. The maximum atomic E-state index is 11.3. The Balaban J connectivity index is 2.55. The van der Waals surface area contributed by atoms with Crippen LogP contribution >= 0.6 is 0 Å². The van der Waals surface area contributed by atoms with E-state index in [0.717, 1.165) is 0 Å². The van der Waals surface area contributed by atoms with Crippen LogP contribution in [0.2, 0.25) is 0 Å². The Morgan fingerprint density at radius 2 is 1.93 bits per heavy atom. The summed E-state index contributed by atoms with van der Waals surface area (Å²) in [6, 6.07) is 8.53. The van der Waals surface area contributed by atoms with E-state index in [4.69, 9.17) is 0 Å². The Labute approximate surface area is 81.9 Å². The van der Waals surface area contributed by atoms with Crippen molar-refractivity contribution < 1.29 is 14.3 Å². The molecule has 4 heteroatoms. The zero-order valence-electron chi connectivity index (χ0n) is 7.82. The fourth-order valence-electron chi connectivity index (χ4n) is 0.956. The minimum Gasteiger partial charge on any atom is -0.375 e.